The number of nitrogens with zero attached hydrogens (tertiary/aromatic N) is 2. The molecule has 1 saturated heterocycles. The number of urea groups is 1. The quantitative estimate of drug-likeness (QED) is 0.190. The van der Waals surface area contributed by atoms with Crippen LogP contribution in [-0.2, 0) is 27.1 Å². The molecule has 0 aliphatic carbocycles. The summed E-state index contributed by atoms with van der Waals surface area (Å²) in [6.07, 6.45) is 5.18. The second-order valence-electron chi connectivity index (χ2n) is 11.2. The summed E-state index contributed by atoms with van der Waals surface area (Å²) in [6.45, 7) is 5.21. The highest BCUT2D eigenvalue weighted by Crippen LogP contribution is 2.26. The molecule has 0 bridgehead atoms. The fourth-order valence-electron chi connectivity index (χ4n) is 5.44. The van der Waals surface area contributed by atoms with E-state index in [-0.39, 0.29) is 24.6 Å². The van der Waals surface area contributed by atoms with Crippen LogP contribution in [0.3, 0.4) is 0 Å². The molecule has 8 nitrogen and oxygen atoms in total. The van der Waals surface area contributed by atoms with Crippen LogP contribution in [0.5, 0.6) is 0 Å². The summed E-state index contributed by atoms with van der Waals surface area (Å²) in [5.74, 6) is -0.380. The van der Waals surface area contributed by atoms with Crippen LogP contribution in [0, 0.1) is 0 Å². The Hall–Kier alpha value is -4.17. The SMILES string of the molecule is CCCCCCCNC(=O)N(C)c1cccc(-c2ccc(C[C@H](OCC)C(=O)N3C(=O)OC[C@@H]3Cc3ccccc3)cc2)c1. The Morgan fingerprint density at radius 1 is 0.932 bits per heavy atom. The molecule has 0 aromatic heterocycles. The molecular weight excluding hydrogens is 554 g/mol. The highest BCUT2D eigenvalue weighted by atomic mass is 16.6. The van der Waals surface area contributed by atoms with Crippen molar-refractivity contribution in [3.63, 3.8) is 0 Å². The lowest BCUT2D eigenvalue weighted by Gasteiger charge is -2.25. The van der Waals surface area contributed by atoms with Crippen LogP contribution in [0.15, 0.2) is 78.9 Å². The van der Waals surface area contributed by atoms with Crippen LogP contribution in [0.25, 0.3) is 11.1 Å². The van der Waals surface area contributed by atoms with Gasteiger partial charge >= 0.3 is 12.1 Å². The lowest BCUT2D eigenvalue weighted by Crippen LogP contribution is -2.47. The number of imide groups is 1. The Morgan fingerprint density at radius 2 is 1.68 bits per heavy atom. The van der Waals surface area contributed by atoms with E-state index in [1.54, 1.807) is 11.9 Å². The summed E-state index contributed by atoms with van der Waals surface area (Å²) >= 11 is 0. The van der Waals surface area contributed by atoms with Crippen molar-refractivity contribution >= 4 is 23.7 Å². The largest absolute Gasteiger partial charge is 0.447 e. The molecule has 44 heavy (non-hydrogen) atoms. The van der Waals surface area contributed by atoms with E-state index in [1.807, 2.05) is 85.8 Å². The van der Waals surface area contributed by atoms with E-state index in [0.29, 0.717) is 26.0 Å². The van der Waals surface area contributed by atoms with E-state index in [0.717, 1.165) is 40.8 Å². The van der Waals surface area contributed by atoms with Gasteiger partial charge in [-0.2, -0.15) is 0 Å². The molecule has 1 aliphatic heterocycles. The van der Waals surface area contributed by atoms with Crippen LogP contribution < -0.4 is 10.2 Å². The highest BCUT2D eigenvalue weighted by molar-refractivity contribution is 5.96. The Labute approximate surface area is 261 Å². The average molecular weight is 600 g/mol. The van der Waals surface area contributed by atoms with Gasteiger partial charge in [-0.1, -0.05) is 99.3 Å². The molecule has 3 aromatic rings. The number of unbranched alkanes of at least 4 members (excludes halogenated alkanes) is 4. The van der Waals surface area contributed by atoms with Crippen LogP contribution in [0.2, 0.25) is 0 Å². The minimum Gasteiger partial charge on any atom is -0.447 e. The van der Waals surface area contributed by atoms with Crippen molar-refractivity contribution in [2.45, 2.75) is 70.9 Å². The molecule has 1 fully saturated rings. The predicted molar refractivity (Wildman–Crippen MR) is 174 cm³/mol. The van der Waals surface area contributed by atoms with Gasteiger partial charge < -0.3 is 14.8 Å². The first-order valence-electron chi connectivity index (χ1n) is 15.8. The lowest BCUT2D eigenvalue weighted by molar-refractivity contribution is -0.141. The van der Waals surface area contributed by atoms with Crippen molar-refractivity contribution in [3.05, 3.63) is 90.0 Å². The van der Waals surface area contributed by atoms with Gasteiger partial charge in [-0.15, -0.1) is 0 Å². The summed E-state index contributed by atoms with van der Waals surface area (Å²) in [5, 5.41) is 3.01. The minimum atomic E-state index is -0.808. The van der Waals surface area contributed by atoms with Crippen molar-refractivity contribution in [2.24, 2.45) is 0 Å². The third-order valence-corrected chi connectivity index (χ3v) is 7.96. The first kappa shape index (κ1) is 32.7. The standard InChI is InChI=1S/C36H45N3O5/c1-4-6-7-8-12-22-37-35(41)38(3)31-17-13-16-30(25-31)29-20-18-28(19-21-29)24-33(43-5-2)34(40)39-32(26-44-36(39)42)23-27-14-10-9-11-15-27/h9-11,13-21,25,32-33H,4-8,12,22-24,26H2,1-3H3,(H,37,41)/t32-,33-/m0/s1. The number of anilines is 1. The molecule has 0 unspecified atom stereocenters. The van der Waals surface area contributed by atoms with E-state index in [2.05, 4.69) is 12.2 Å². The number of nitrogens with one attached hydrogen (secondary N) is 1. The van der Waals surface area contributed by atoms with Gasteiger partial charge in [0.1, 0.15) is 12.7 Å². The molecule has 234 valence electrons. The zero-order valence-electron chi connectivity index (χ0n) is 26.2. The van der Waals surface area contributed by atoms with Crippen molar-refractivity contribution < 1.29 is 23.9 Å². The highest BCUT2D eigenvalue weighted by Gasteiger charge is 2.41. The van der Waals surface area contributed by atoms with E-state index < -0.39 is 12.2 Å². The molecule has 0 saturated carbocycles. The molecular formula is C36H45N3O5. The third-order valence-electron chi connectivity index (χ3n) is 7.96. The Morgan fingerprint density at radius 3 is 2.41 bits per heavy atom. The van der Waals surface area contributed by atoms with Crippen molar-refractivity contribution in [1.82, 2.24) is 10.2 Å². The molecule has 1 aliphatic rings. The Balaban J connectivity index is 1.38. The van der Waals surface area contributed by atoms with E-state index in [9.17, 15) is 14.4 Å². The summed E-state index contributed by atoms with van der Waals surface area (Å²) in [4.78, 5) is 41.7. The number of rotatable bonds is 15. The molecule has 0 radical (unpaired) electrons. The van der Waals surface area contributed by atoms with Crippen molar-refractivity contribution in [3.8, 4) is 11.1 Å². The average Bonchev–Trinajstić information content (AvgIpc) is 3.41. The normalized spacial score (nSPS) is 15.1. The maximum atomic E-state index is 13.6. The van der Waals surface area contributed by atoms with Gasteiger partial charge in [0.15, 0.2) is 0 Å². The maximum Gasteiger partial charge on any atom is 0.417 e. The number of cyclic esters (lactones) is 1. The second-order valence-corrected chi connectivity index (χ2v) is 11.2. The fraction of sp³-hybridized carbons (Fsp3) is 0.417. The molecule has 8 heteroatoms. The van der Waals surface area contributed by atoms with Gasteiger partial charge in [0, 0.05) is 32.3 Å². The van der Waals surface area contributed by atoms with E-state index >= 15 is 0 Å². The zero-order chi connectivity index (χ0) is 31.3. The monoisotopic (exact) mass is 599 g/mol. The smallest absolute Gasteiger partial charge is 0.417 e. The number of carbonyl (C=O) groups excluding carboxylic acids is 3. The number of carbonyl (C=O) groups is 3. The van der Waals surface area contributed by atoms with E-state index in [1.165, 1.54) is 24.2 Å². The van der Waals surface area contributed by atoms with Gasteiger partial charge in [-0.05, 0) is 54.2 Å². The van der Waals surface area contributed by atoms with Crippen LogP contribution in [0.4, 0.5) is 15.3 Å². The predicted octanol–water partition coefficient (Wildman–Crippen LogP) is 7.01. The Kier molecular flexibility index (Phi) is 12.4. The van der Waals surface area contributed by atoms with Gasteiger partial charge in [0.05, 0.1) is 6.04 Å². The Bertz CT molecular complexity index is 1360. The minimum absolute atomic E-state index is 0.118. The summed E-state index contributed by atoms with van der Waals surface area (Å²) in [6, 6.07) is 25.1. The number of hydrogen-bond acceptors (Lipinski definition) is 5. The summed E-state index contributed by atoms with van der Waals surface area (Å²) in [7, 11) is 1.78. The van der Waals surface area contributed by atoms with Gasteiger partial charge in [0.2, 0.25) is 0 Å². The number of hydrogen-bond donors (Lipinski definition) is 1. The zero-order valence-corrected chi connectivity index (χ0v) is 26.2. The molecule has 1 heterocycles. The molecule has 4 rings (SSSR count). The fourth-order valence-corrected chi connectivity index (χ4v) is 5.44. The van der Waals surface area contributed by atoms with Crippen LogP contribution in [-0.4, -0.2) is 61.9 Å². The van der Waals surface area contributed by atoms with Crippen molar-refractivity contribution in [2.75, 3.05) is 31.7 Å². The topological polar surface area (TPSA) is 88.2 Å². The number of amides is 4. The first-order chi connectivity index (χ1) is 21.4. The lowest BCUT2D eigenvalue weighted by atomic mass is 10.00. The van der Waals surface area contributed by atoms with Crippen molar-refractivity contribution in [1.29, 1.82) is 0 Å². The third kappa shape index (κ3) is 8.92. The first-order valence-corrected chi connectivity index (χ1v) is 15.8. The summed E-state index contributed by atoms with van der Waals surface area (Å²) < 4.78 is 11.1. The van der Waals surface area contributed by atoms with Crippen LogP contribution >= 0.6 is 0 Å². The molecule has 4 amide bonds. The molecule has 1 N–H and O–H groups in total. The number of ether oxygens (including phenoxy) is 2. The molecule has 3 aromatic carbocycles. The van der Waals surface area contributed by atoms with E-state index in [4.69, 9.17) is 9.47 Å². The van der Waals surface area contributed by atoms with Gasteiger partial charge in [-0.3, -0.25) is 9.69 Å². The maximum absolute atomic E-state index is 13.6. The second kappa shape index (κ2) is 16.6. The summed E-state index contributed by atoms with van der Waals surface area (Å²) in [5.41, 5.74) is 4.73. The molecule has 2 atom stereocenters. The molecule has 0 spiro atoms. The number of benzene rings is 3. The van der Waals surface area contributed by atoms with Crippen LogP contribution in [0.1, 0.15) is 57.1 Å². The van der Waals surface area contributed by atoms with Gasteiger partial charge in [-0.25, -0.2) is 14.5 Å². The van der Waals surface area contributed by atoms with Gasteiger partial charge in [0.25, 0.3) is 5.91 Å².